The van der Waals surface area contributed by atoms with Crippen molar-refractivity contribution in [2.24, 2.45) is 11.8 Å². The summed E-state index contributed by atoms with van der Waals surface area (Å²) in [6.07, 6.45) is 9.23. The molecule has 1 N–H and O–H groups in total. The van der Waals surface area contributed by atoms with Crippen molar-refractivity contribution in [2.45, 2.75) is 76.9 Å². The first kappa shape index (κ1) is 20.4. The van der Waals surface area contributed by atoms with Gasteiger partial charge in [-0.2, -0.15) is 0 Å². The molecule has 158 valence electrons. The topological polar surface area (TPSA) is 58.6 Å². The van der Waals surface area contributed by atoms with Gasteiger partial charge in [0.2, 0.25) is 11.8 Å². The van der Waals surface area contributed by atoms with Crippen LogP contribution in [0.3, 0.4) is 0 Å². The molecule has 2 amide bonds. The zero-order valence-electron chi connectivity index (χ0n) is 17.6. The Bertz CT molecular complexity index is 729. The lowest BCUT2D eigenvalue weighted by Crippen LogP contribution is -2.46. The van der Waals surface area contributed by atoms with Gasteiger partial charge < -0.3 is 15.0 Å². The fourth-order valence-corrected chi connectivity index (χ4v) is 5.18. The van der Waals surface area contributed by atoms with Crippen LogP contribution in [-0.4, -0.2) is 35.9 Å². The van der Waals surface area contributed by atoms with E-state index in [1.54, 1.807) is 0 Å². The molecule has 29 heavy (non-hydrogen) atoms. The zero-order chi connectivity index (χ0) is 20.2. The van der Waals surface area contributed by atoms with Gasteiger partial charge in [0.1, 0.15) is 0 Å². The van der Waals surface area contributed by atoms with Gasteiger partial charge in [-0.1, -0.05) is 38.3 Å². The van der Waals surface area contributed by atoms with Crippen LogP contribution in [0.5, 0.6) is 0 Å². The van der Waals surface area contributed by atoms with Gasteiger partial charge in [-0.05, 0) is 49.8 Å². The summed E-state index contributed by atoms with van der Waals surface area (Å²) in [5.74, 6) is 1.13. The molecule has 0 unspecified atom stereocenters. The number of nitrogens with zero attached hydrogens (tertiary/aromatic N) is 1. The molecule has 4 rings (SSSR count). The first-order valence-electron chi connectivity index (χ1n) is 11.5. The highest BCUT2D eigenvalue weighted by atomic mass is 16.5. The van der Waals surface area contributed by atoms with Crippen LogP contribution in [0.4, 0.5) is 5.69 Å². The van der Waals surface area contributed by atoms with Crippen molar-refractivity contribution in [1.29, 1.82) is 0 Å². The standard InChI is InChI=1S/C24H34N2O3/c1-2-3-11-23(27)25-20-10-6-9-18(14-20)22-15-19-16-26(13-12-21(19)29-22)24(28)17-7-4-5-8-17/h6,9-10,14,17,19,21-22H,2-5,7-8,11-13,15-16H2,1H3,(H,25,27)/t19-,21+,22-/m1/s1. The van der Waals surface area contributed by atoms with Crippen molar-refractivity contribution in [2.75, 3.05) is 18.4 Å². The number of amides is 2. The monoisotopic (exact) mass is 398 g/mol. The number of hydrogen-bond donors (Lipinski definition) is 1. The van der Waals surface area contributed by atoms with E-state index in [9.17, 15) is 9.59 Å². The summed E-state index contributed by atoms with van der Waals surface area (Å²) in [4.78, 5) is 27.0. The van der Waals surface area contributed by atoms with Crippen molar-refractivity contribution in [1.82, 2.24) is 4.90 Å². The summed E-state index contributed by atoms with van der Waals surface area (Å²) in [5, 5.41) is 3.01. The second-order valence-electron chi connectivity index (χ2n) is 8.99. The van der Waals surface area contributed by atoms with Crippen LogP contribution in [0.1, 0.15) is 76.4 Å². The molecule has 3 aliphatic rings. The Morgan fingerprint density at radius 3 is 2.83 bits per heavy atom. The van der Waals surface area contributed by atoms with Crippen LogP contribution in [0.15, 0.2) is 24.3 Å². The van der Waals surface area contributed by atoms with E-state index in [4.69, 9.17) is 4.74 Å². The number of unbranched alkanes of at least 4 members (excludes halogenated alkanes) is 1. The molecule has 5 heteroatoms. The van der Waals surface area contributed by atoms with Crippen LogP contribution in [0.2, 0.25) is 0 Å². The molecule has 1 aromatic carbocycles. The molecule has 0 spiro atoms. The molecule has 0 bridgehead atoms. The van der Waals surface area contributed by atoms with Crippen LogP contribution >= 0.6 is 0 Å². The number of anilines is 1. The minimum absolute atomic E-state index is 0.0547. The normalized spacial score (nSPS) is 27.1. The summed E-state index contributed by atoms with van der Waals surface area (Å²) in [6, 6.07) is 8.07. The third-order valence-electron chi connectivity index (χ3n) is 6.84. The molecule has 1 aliphatic carbocycles. The predicted molar refractivity (Wildman–Crippen MR) is 113 cm³/mol. The number of carbonyl (C=O) groups is 2. The highest BCUT2D eigenvalue weighted by molar-refractivity contribution is 5.90. The summed E-state index contributed by atoms with van der Waals surface area (Å²) in [6.45, 7) is 3.76. The summed E-state index contributed by atoms with van der Waals surface area (Å²) in [5.41, 5.74) is 1.97. The maximum absolute atomic E-state index is 12.8. The van der Waals surface area contributed by atoms with Crippen molar-refractivity contribution in [3.05, 3.63) is 29.8 Å². The second kappa shape index (κ2) is 9.29. The smallest absolute Gasteiger partial charge is 0.225 e. The lowest BCUT2D eigenvalue weighted by molar-refractivity contribution is -0.138. The molecule has 0 radical (unpaired) electrons. The lowest BCUT2D eigenvalue weighted by Gasteiger charge is -2.35. The number of nitrogens with one attached hydrogen (secondary N) is 1. The number of fused-ring (bicyclic) bond motifs is 1. The highest BCUT2D eigenvalue weighted by Gasteiger charge is 2.41. The maximum Gasteiger partial charge on any atom is 0.225 e. The van der Waals surface area contributed by atoms with E-state index in [1.165, 1.54) is 12.8 Å². The molecular formula is C24H34N2O3. The minimum Gasteiger partial charge on any atom is -0.370 e. The third-order valence-corrected chi connectivity index (χ3v) is 6.84. The van der Waals surface area contributed by atoms with Gasteiger partial charge in [-0.3, -0.25) is 9.59 Å². The Labute approximate surface area is 174 Å². The van der Waals surface area contributed by atoms with E-state index in [1.807, 2.05) is 18.2 Å². The summed E-state index contributed by atoms with van der Waals surface area (Å²) >= 11 is 0. The number of benzene rings is 1. The average Bonchev–Trinajstić information content (AvgIpc) is 3.41. The number of hydrogen-bond acceptors (Lipinski definition) is 3. The Balaban J connectivity index is 1.35. The molecule has 1 aromatic rings. The lowest BCUT2D eigenvalue weighted by atomic mass is 9.90. The highest BCUT2D eigenvalue weighted by Crippen LogP contribution is 2.42. The Morgan fingerprint density at radius 1 is 1.21 bits per heavy atom. The Morgan fingerprint density at radius 2 is 2.03 bits per heavy atom. The number of piperidine rings is 1. The molecule has 2 saturated heterocycles. The molecule has 0 aromatic heterocycles. The van der Waals surface area contributed by atoms with E-state index < -0.39 is 0 Å². The van der Waals surface area contributed by atoms with Gasteiger partial charge in [-0.25, -0.2) is 0 Å². The maximum atomic E-state index is 12.8. The molecule has 5 nitrogen and oxygen atoms in total. The fraction of sp³-hybridized carbons (Fsp3) is 0.667. The van der Waals surface area contributed by atoms with Crippen molar-refractivity contribution in [3.63, 3.8) is 0 Å². The van der Waals surface area contributed by atoms with Gasteiger partial charge in [0, 0.05) is 37.0 Å². The molecule has 1 saturated carbocycles. The van der Waals surface area contributed by atoms with Crippen molar-refractivity contribution >= 4 is 17.5 Å². The van der Waals surface area contributed by atoms with E-state index >= 15 is 0 Å². The molecule has 2 heterocycles. The van der Waals surface area contributed by atoms with Gasteiger partial charge in [-0.15, -0.1) is 0 Å². The SMILES string of the molecule is CCCCC(=O)Nc1cccc([C@H]2C[C@@H]3CN(C(=O)C4CCCC4)CC[C@@H]3O2)c1. The van der Waals surface area contributed by atoms with Gasteiger partial charge in [0.25, 0.3) is 0 Å². The minimum atomic E-state index is 0.0547. The van der Waals surface area contributed by atoms with Crippen LogP contribution in [-0.2, 0) is 14.3 Å². The fourth-order valence-electron chi connectivity index (χ4n) is 5.18. The van der Waals surface area contributed by atoms with Gasteiger partial charge in [0.15, 0.2) is 0 Å². The number of carbonyl (C=O) groups excluding carboxylic acids is 2. The van der Waals surface area contributed by atoms with E-state index in [2.05, 4.69) is 23.2 Å². The van der Waals surface area contributed by atoms with Crippen LogP contribution < -0.4 is 5.32 Å². The van der Waals surface area contributed by atoms with E-state index in [-0.39, 0.29) is 24.0 Å². The molecule has 3 fully saturated rings. The third kappa shape index (κ3) is 4.82. The number of likely N-dealkylation sites (tertiary alicyclic amines) is 1. The Hall–Kier alpha value is -1.88. The predicted octanol–water partition coefficient (Wildman–Crippen LogP) is 4.68. The molecule has 2 aliphatic heterocycles. The van der Waals surface area contributed by atoms with Crippen molar-refractivity contribution < 1.29 is 14.3 Å². The van der Waals surface area contributed by atoms with E-state index in [0.717, 1.165) is 62.9 Å². The summed E-state index contributed by atoms with van der Waals surface area (Å²) < 4.78 is 6.38. The van der Waals surface area contributed by atoms with Crippen LogP contribution in [0.25, 0.3) is 0 Å². The number of rotatable bonds is 6. The first-order valence-corrected chi connectivity index (χ1v) is 11.5. The van der Waals surface area contributed by atoms with E-state index in [0.29, 0.717) is 18.2 Å². The number of ether oxygens (including phenoxy) is 1. The van der Waals surface area contributed by atoms with Crippen molar-refractivity contribution in [3.8, 4) is 0 Å². The average molecular weight is 399 g/mol. The largest absolute Gasteiger partial charge is 0.370 e. The van der Waals surface area contributed by atoms with Gasteiger partial charge >= 0.3 is 0 Å². The Kier molecular flexibility index (Phi) is 6.53. The first-order chi connectivity index (χ1) is 14.1. The quantitative estimate of drug-likeness (QED) is 0.757. The molecule has 3 atom stereocenters. The molecular weight excluding hydrogens is 364 g/mol. The van der Waals surface area contributed by atoms with Crippen LogP contribution in [0, 0.1) is 11.8 Å². The summed E-state index contributed by atoms with van der Waals surface area (Å²) in [7, 11) is 0. The second-order valence-corrected chi connectivity index (χ2v) is 8.99. The van der Waals surface area contributed by atoms with Gasteiger partial charge in [0.05, 0.1) is 12.2 Å². The zero-order valence-corrected chi connectivity index (χ0v) is 17.6.